The molecule has 194 valence electrons. The molecule has 37 heavy (non-hydrogen) atoms. The maximum absolute atomic E-state index is 14.1. The third kappa shape index (κ3) is 5.48. The second-order valence-corrected chi connectivity index (χ2v) is 11.2. The van der Waals surface area contributed by atoms with Crippen LogP contribution in [0, 0.1) is 5.82 Å². The first kappa shape index (κ1) is 26.0. The first-order valence-electron chi connectivity index (χ1n) is 12.2. The van der Waals surface area contributed by atoms with Gasteiger partial charge in [-0.1, -0.05) is 41.4 Å². The Morgan fingerprint density at radius 3 is 2.70 bits per heavy atom. The number of rotatable bonds is 4. The summed E-state index contributed by atoms with van der Waals surface area (Å²) in [4.78, 5) is 33.3. The molecule has 3 amide bonds. The van der Waals surface area contributed by atoms with E-state index in [1.54, 1.807) is 46.6 Å². The SMILES string of the molecule is C[C@H]1CN(C(=O)CN2CCc3sccc3[C@@H]2c2cccc(F)c2)CCN1C(=O)Nc1cccc(Cl)c1Cl. The molecule has 1 aromatic heterocycles. The zero-order chi connectivity index (χ0) is 26.1. The molecule has 0 saturated carbocycles. The Morgan fingerprint density at radius 1 is 1.11 bits per heavy atom. The molecule has 0 aliphatic carbocycles. The first-order chi connectivity index (χ1) is 17.8. The molecule has 1 fully saturated rings. The number of halogens is 3. The van der Waals surface area contributed by atoms with Gasteiger partial charge in [-0.2, -0.15) is 0 Å². The molecule has 0 spiro atoms. The van der Waals surface area contributed by atoms with Crippen LogP contribution in [0.5, 0.6) is 0 Å². The summed E-state index contributed by atoms with van der Waals surface area (Å²) >= 11 is 14.0. The summed E-state index contributed by atoms with van der Waals surface area (Å²) in [6.45, 7) is 4.14. The van der Waals surface area contributed by atoms with E-state index in [1.165, 1.54) is 10.9 Å². The van der Waals surface area contributed by atoms with Crippen molar-refractivity contribution in [2.24, 2.45) is 0 Å². The van der Waals surface area contributed by atoms with Gasteiger partial charge in [0, 0.05) is 37.1 Å². The zero-order valence-corrected chi connectivity index (χ0v) is 22.6. The van der Waals surface area contributed by atoms with Gasteiger partial charge in [-0.25, -0.2) is 9.18 Å². The highest BCUT2D eigenvalue weighted by Crippen LogP contribution is 2.38. The van der Waals surface area contributed by atoms with E-state index >= 15 is 0 Å². The summed E-state index contributed by atoms with van der Waals surface area (Å²) in [6.07, 6.45) is 0.864. The van der Waals surface area contributed by atoms with Crippen molar-refractivity contribution in [1.82, 2.24) is 14.7 Å². The third-order valence-corrected chi connectivity index (χ3v) is 8.82. The Kier molecular flexibility index (Phi) is 7.72. The Bertz CT molecular complexity index is 1320. The van der Waals surface area contributed by atoms with E-state index in [9.17, 15) is 14.0 Å². The number of piperazine rings is 1. The number of amides is 3. The van der Waals surface area contributed by atoms with Crippen LogP contribution in [-0.2, 0) is 11.2 Å². The molecule has 3 aromatic rings. The standard InChI is InChI=1S/C27H27Cl2FN4O2S/c1-17-15-32(11-12-34(17)27(36)31-22-7-3-6-21(28)25(22)29)24(35)16-33-10-8-23-20(9-13-37-23)26(33)18-4-2-5-19(30)14-18/h2-7,9,13-14,17,26H,8,10-12,15-16H2,1H3,(H,31,36)/t17-,26-/m0/s1. The highest BCUT2D eigenvalue weighted by molar-refractivity contribution is 7.10. The van der Waals surface area contributed by atoms with Gasteiger partial charge in [-0.3, -0.25) is 9.69 Å². The van der Waals surface area contributed by atoms with Crippen molar-refractivity contribution in [2.75, 3.05) is 38.0 Å². The van der Waals surface area contributed by atoms with Gasteiger partial charge in [0.2, 0.25) is 5.91 Å². The Balaban J connectivity index is 1.25. The molecule has 3 heterocycles. The number of hydrogen-bond acceptors (Lipinski definition) is 4. The summed E-state index contributed by atoms with van der Waals surface area (Å²) in [6, 6.07) is 13.2. The predicted octanol–water partition coefficient (Wildman–Crippen LogP) is 5.91. The van der Waals surface area contributed by atoms with Crippen LogP contribution in [0.15, 0.2) is 53.9 Å². The van der Waals surface area contributed by atoms with Crippen molar-refractivity contribution < 1.29 is 14.0 Å². The quantitative estimate of drug-likeness (QED) is 0.431. The van der Waals surface area contributed by atoms with E-state index in [0.29, 0.717) is 35.4 Å². The Labute approximate surface area is 229 Å². The molecule has 10 heteroatoms. The third-order valence-electron chi connectivity index (χ3n) is 7.00. The number of thiophene rings is 1. The van der Waals surface area contributed by atoms with Crippen LogP contribution in [0.3, 0.4) is 0 Å². The van der Waals surface area contributed by atoms with Crippen molar-refractivity contribution in [3.05, 3.63) is 85.8 Å². The van der Waals surface area contributed by atoms with Gasteiger partial charge in [-0.15, -0.1) is 11.3 Å². The molecule has 2 aliphatic heterocycles. The van der Waals surface area contributed by atoms with E-state index in [4.69, 9.17) is 23.2 Å². The number of fused-ring (bicyclic) bond motifs is 1. The molecular weight excluding hydrogens is 534 g/mol. The average Bonchev–Trinajstić information content (AvgIpc) is 3.35. The molecule has 5 rings (SSSR count). The zero-order valence-electron chi connectivity index (χ0n) is 20.3. The fourth-order valence-electron chi connectivity index (χ4n) is 5.15. The van der Waals surface area contributed by atoms with Crippen molar-refractivity contribution >= 4 is 52.2 Å². The average molecular weight is 562 g/mol. The highest BCUT2D eigenvalue weighted by atomic mass is 35.5. The van der Waals surface area contributed by atoms with Crippen molar-refractivity contribution in [1.29, 1.82) is 0 Å². The van der Waals surface area contributed by atoms with Crippen LogP contribution in [0.4, 0.5) is 14.9 Å². The van der Waals surface area contributed by atoms with Crippen LogP contribution < -0.4 is 5.32 Å². The van der Waals surface area contributed by atoms with E-state index in [2.05, 4.69) is 21.7 Å². The Hall–Kier alpha value is -2.65. The lowest BCUT2D eigenvalue weighted by Crippen LogP contribution is -2.58. The summed E-state index contributed by atoms with van der Waals surface area (Å²) < 4.78 is 14.1. The van der Waals surface area contributed by atoms with Crippen LogP contribution in [0.25, 0.3) is 0 Å². The number of hydrogen-bond donors (Lipinski definition) is 1. The number of carbonyl (C=O) groups excluding carboxylic acids is 2. The molecule has 2 atom stereocenters. The van der Waals surface area contributed by atoms with Gasteiger partial charge in [0.05, 0.1) is 28.3 Å². The largest absolute Gasteiger partial charge is 0.338 e. The monoisotopic (exact) mass is 560 g/mol. The predicted molar refractivity (Wildman–Crippen MR) is 146 cm³/mol. The van der Waals surface area contributed by atoms with Crippen molar-refractivity contribution in [2.45, 2.75) is 25.4 Å². The van der Waals surface area contributed by atoms with E-state index in [-0.39, 0.29) is 36.4 Å². The summed E-state index contributed by atoms with van der Waals surface area (Å²) in [5, 5.41) is 5.55. The lowest BCUT2D eigenvalue weighted by Gasteiger charge is -2.41. The lowest BCUT2D eigenvalue weighted by atomic mass is 9.93. The first-order valence-corrected chi connectivity index (χ1v) is 13.8. The molecule has 0 bridgehead atoms. The molecular formula is C27H27Cl2FN4O2S. The second kappa shape index (κ2) is 11.0. The number of urea groups is 1. The number of anilines is 1. The topological polar surface area (TPSA) is 55.9 Å². The maximum atomic E-state index is 14.1. The second-order valence-electron chi connectivity index (χ2n) is 9.39. The van der Waals surface area contributed by atoms with Crippen molar-refractivity contribution in [3.8, 4) is 0 Å². The fraction of sp³-hybridized carbons (Fsp3) is 0.333. The van der Waals surface area contributed by atoms with E-state index in [0.717, 1.165) is 24.1 Å². The highest BCUT2D eigenvalue weighted by Gasteiger charge is 2.34. The van der Waals surface area contributed by atoms with Crippen molar-refractivity contribution in [3.63, 3.8) is 0 Å². The number of nitrogens with one attached hydrogen (secondary N) is 1. The Morgan fingerprint density at radius 2 is 1.92 bits per heavy atom. The molecule has 2 aromatic carbocycles. The van der Waals surface area contributed by atoms with E-state index in [1.807, 2.05) is 17.9 Å². The molecule has 0 radical (unpaired) electrons. The molecule has 0 unspecified atom stereocenters. The summed E-state index contributed by atoms with van der Waals surface area (Å²) in [5.41, 5.74) is 2.44. The minimum Gasteiger partial charge on any atom is -0.338 e. The number of carbonyl (C=O) groups is 2. The summed E-state index contributed by atoms with van der Waals surface area (Å²) in [7, 11) is 0. The van der Waals surface area contributed by atoms with Crippen LogP contribution in [0.1, 0.15) is 29.0 Å². The molecule has 2 aliphatic rings. The molecule has 1 N–H and O–H groups in total. The van der Waals surface area contributed by atoms with Gasteiger partial charge >= 0.3 is 6.03 Å². The lowest BCUT2D eigenvalue weighted by molar-refractivity contribution is -0.135. The van der Waals surface area contributed by atoms with Crippen LogP contribution in [-0.4, -0.2) is 65.4 Å². The van der Waals surface area contributed by atoms with E-state index < -0.39 is 0 Å². The fourth-order valence-corrected chi connectivity index (χ4v) is 6.40. The number of benzene rings is 2. The van der Waals surface area contributed by atoms with Gasteiger partial charge in [-0.05, 0) is 60.2 Å². The molecule has 6 nitrogen and oxygen atoms in total. The number of nitrogens with zero attached hydrogens (tertiary/aromatic N) is 3. The van der Waals surface area contributed by atoms with Gasteiger partial charge in [0.1, 0.15) is 5.82 Å². The minimum absolute atomic E-state index is 0.00452. The van der Waals surface area contributed by atoms with Gasteiger partial charge < -0.3 is 15.1 Å². The van der Waals surface area contributed by atoms with Crippen LogP contribution in [0.2, 0.25) is 10.0 Å². The normalized spacial score (nSPS) is 20.0. The molecule has 1 saturated heterocycles. The maximum Gasteiger partial charge on any atom is 0.322 e. The smallest absolute Gasteiger partial charge is 0.322 e. The van der Waals surface area contributed by atoms with Crippen LogP contribution >= 0.6 is 34.5 Å². The van der Waals surface area contributed by atoms with Gasteiger partial charge in [0.25, 0.3) is 0 Å². The van der Waals surface area contributed by atoms with Gasteiger partial charge in [0.15, 0.2) is 0 Å². The summed E-state index contributed by atoms with van der Waals surface area (Å²) in [5.74, 6) is -0.279. The minimum atomic E-state index is -0.284.